The van der Waals surface area contributed by atoms with Gasteiger partial charge in [-0.3, -0.25) is 9.59 Å². The van der Waals surface area contributed by atoms with E-state index in [1.54, 1.807) is 0 Å². The molecular weight excluding hydrogens is 234 g/mol. The summed E-state index contributed by atoms with van der Waals surface area (Å²) in [6, 6.07) is 4.12. The standard InChI is InChI=1S/C10H10ClNO4/c11-7-2-1-5(4-13)3-6(7)8(14)9(15)10(12)16/h1-4,8-9,14-15H,(H2,12,16). The molecule has 0 saturated heterocycles. The third-order valence-electron chi connectivity index (χ3n) is 2.07. The van der Waals surface area contributed by atoms with Gasteiger partial charge in [-0.25, -0.2) is 0 Å². The van der Waals surface area contributed by atoms with Crippen molar-refractivity contribution in [3.8, 4) is 0 Å². The van der Waals surface area contributed by atoms with E-state index in [-0.39, 0.29) is 16.1 Å². The number of aliphatic hydroxyl groups excluding tert-OH is 2. The summed E-state index contributed by atoms with van der Waals surface area (Å²) in [4.78, 5) is 21.2. The van der Waals surface area contributed by atoms with E-state index in [9.17, 15) is 19.8 Å². The predicted molar refractivity (Wildman–Crippen MR) is 57.0 cm³/mol. The third-order valence-corrected chi connectivity index (χ3v) is 2.41. The highest BCUT2D eigenvalue weighted by molar-refractivity contribution is 6.31. The van der Waals surface area contributed by atoms with Crippen molar-refractivity contribution < 1.29 is 19.8 Å². The van der Waals surface area contributed by atoms with Crippen LogP contribution < -0.4 is 5.73 Å². The number of benzene rings is 1. The zero-order valence-corrected chi connectivity index (χ0v) is 8.89. The van der Waals surface area contributed by atoms with Gasteiger partial charge in [-0.2, -0.15) is 0 Å². The lowest BCUT2D eigenvalue weighted by Crippen LogP contribution is -2.34. The summed E-state index contributed by atoms with van der Waals surface area (Å²) in [6.07, 6.45) is -2.76. The molecule has 0 fully saturated rings. The second kappa shape index (κ2) is 5.07. The fraction of sp³-hybridized carbons (Fsp3) is 0.200. The van der Waals surface area contributed by atoms with E-state index >= 15 is 0 Å². The first-order valence-corrected chi connectivity index (χ1v) is 4.75. The summed E-state index contributed by atoms with van der Waals surface area (Å²) >= 11 is 5.76. The average Bonchev–Trinajstić information content (AvgIpc) is 2.27. The number of carbonyl (C=O) groups excluding carboxylic acids is 2. The van der Waals surface area contributed by atoms with E-state index in [0.29, 0.717) is 6.29 Å². The van der Waals surface area contributed by atoms with Crippen molar-refractivity contribution in [2.75, 3.05) is 0 Å². The zero-order valence-electron chi connectivity index (χ0n) is 8.13. The van der Waals surface area contributed by atoms with Gasteiger partial charge in [0.15, 0.2) is 6.10 Å². The zero-order chi connectivity index (χ0) is 12.3. The van der Waals surface area contributed by atoms with Gasteiger partial charge in [0.2, 0.25) is 5.91 Å². The Balaban J connectivity index is 3.11. The molecule has 1 aromatic carbocycles. The van der Waals surface area contributed by atoms with Crippen LogP contribution in [0.1, 0.15) is 22.0 Å². The maximum atomic E-state index is 10.7. The SMILES string of the molecule is NC(=O)C(O)C(O)c1cc(C=O)ccc1Cl. The van der Waals surface area contributed by atoms with Crippen LogP contribution in [-0.4, -0.2) is 28.5 Å². The largest absolute Gasteiger partial charge is 0.385 e. The Labute approximate surface area is 96.4 Å². The number of hydrogen-bond acceptors (Lipinski definition) is 4. The Hall–Kier alpha value is -1.43. The van der Waals surface area contributed by atoms with Crippen molar-refractivity contribution in [2.24, 2.45) is 5.73 Å². The smallest absolute Gasteiger partial charge is 0.249 e. The molecule has 0 heterocycles. The van der Waals surface area contributed by atoms with Crippen molar-refractivity contribution in [1.82, 2.24) is 0 Å². The number of carbonyl (C=O) groups is 2. The van der Waals surface area contributed by atoms with E-state index in [0.717, 1.165) is 0 Å². The van der Waals surface area contributed by atoms with E-state index in [1.165, 1.54) is 18.2 Å². The highest BCUT2D eigenvalue weighted by Crippen LogP contribution is 2.26. The highest BCUT2D eigenvalue weighted by atomic mass is 35.5. The minimum Gasteiger partial charge on any atom is -0.385 e. The van der Waals surface area contributed by atoms with Gasteiger partial charge in [0.25, 0.3) is 0 Å². The first-order valence-electron chi connectivity index (χ1n) is 4.37. The Morgan fingerprint density at radius 3 is 2.56 bits per heavy atom. The van der Waals surface area contributed by atoms with Crippen LogP contribution in [0.2, 0.25) is 5.02 Å². The molecule has 5 nitrogen and oxygen atoms in total. The quantitative estimate of drug-likeness (QED) is 0.650. The van der Waals surface area contributed by atoms with Crippen LogP contribution in [0.25, 0.3) is 0 Å². The molecule has 1 aromatic rings. The number of aliphatic hydroxyl groups is 2. The van der Waals surface area contributed by atoms with Gasteiger partial charge in [-0.1, -0.05) is 17.7 Å². The molecule has 1 rings (SSSR count). The van der Waals surface area contributed by atoms with Crippen molar-refractivity contribution in [1.29, 1.82) is 0 Å². The lowest BCUT2D eigenvalue weighted by molar-refractivity contribution is -0.131. The van der Waals surface area contributed by atoms with E-state index in [4.69, 9.17) is 17.3 Å². The maximum absolute atomic E-state index is 10.7. The first kappa shape index (κ1) is 12.6. The Morgan fingerprint density at radius 1 is 1.44 bits per heavy atom. The average molecular weight is 244 g/mol. The molecule has 0 spiro atoms. The lowest BCUT2D eigenvalue weighted by atomic mass is 10.0. The first-order chi connectivity index (χ1) is 7.47. The van der Waals surface area contributed by atoms with Crippen LogP contribution in [0.5, 0.6) is 0 Å². The summed E-state index contributed by atoms with van der Waals surface area (Å²) in [5, 5.41) is 19.0. The maximum Gasteiger partial charge on any atom is 0.249 e. The predicted octanol–water partition coefficient (Wildman–Crippen LogP) is 0.0321. The van der Waals surface area contributed by atoms with E-state index in [1.807, 2.05) is 0 Å². The molecule has 0 aromatic heterocycles. The molecule has 2 unspecified atom stereocenters. The number of aldehydes is 1. The number of primary amides is 1. The molecule has 0 aliphatic rings. The van der Waals surface area contributed by atoms with Crippen molar-refractivity contribution in [3.63, 3.8) is 0 Å². The van der Waals surface area contributed by atoms with Gasteiger partial charge in [0, 0.05) is 16.1 Å². The molecule has 16 heavy (non-hydrogen) atoms. The fourth-order valence-corrected chi connectivity index (χ4v) is 1.42. The number of amides is 1. The van der Waals surface area contributed by atoms with Gasteiger partial charge in [0.1, 0.15) is 12.4 Å². The van der Waals surface area contributed by atoms with Crippen LogP contribution >= 0.6 is 11.6 Å². The summed E-state index contributed by atoms with van der Waals surface area (Å²) < 4.78 is 0. The molecule has 0 aliphatic carbocycles. The summed E-state index contributed by atoms with van der Waals surface area (Å²) in [5.74, 6) is -1.07. The van der Waals surface area contributed by atoms with E-state index < -0.39 is 18.1 Å². The number of hydrogen-bond donors (Lipinski definition) is 3. The topological polar surface area (TPSA) is 101 Å². The minimum absolute atomic E-state index is 0.0811. The Kier molecular flexibility index (Phi) is 4.00. The summed E-state index contributed by atoms with van der Waals surface area (Å²) in [5.41, 5.74) is 5.19. The molecule has 86 valence electrons. The fourth-order valence-electron chi connectivity index (χ4n) is 1.19. The molecule has 6 heteroatoms. The molecule has 0 saturated carbocycles. The van der Waals surface area contributed by atoms with Gasteiger partial charge in [0.05, 0.1) is 0 Å². The summed E-state index contributed by atoms with van der Waals surface area (Å²) in [7, 11) is 0. The Bertz CT molecular complexity index is 421. The van der Waals surface area contributed by atoms with Crippen LogP contribution in [0.4, 0.5) is 0 Å². The van der Waals surface area contributed by atoms with Crippen LogP contribution in [0.15, 0.2) is 18.2 Å². The highest BCUT2D eigenvalue weighted by Gasteiger charge is 2.25. The van der Waals surface area contributed by atoms with Gasteiger partial charge >= 0.3 is 0 Å². The van der Waals surface area contributed by atoms with Gasteiger partial charge in [-0.15, -0.1) is 0 Å². The number of rotatable bonds is 4. The summed E-state index contributed by atoms with van der Waals surface area (Å²) in [6.45, 7) is 0. The second-order valence-corrected chi connectivity index (χ2v) is 3.60. The van der Waals surface area contributed by atoms with Crippen LogP contribution in [0.3, 0.4) is 0 Å². The van der Waals surface area contributed by atoms with E-state index in [2.05, 4.69) is 0 Å². The normalized spacial score (nSPS) is 14.2. The number of nitrogens with two attached hydrogens (primary N) is 1. The van der Waals surface area contributed by atoms with Crippen molar-refractivity contribution in [2.45, 2.75) is 12.2 Å². The number of halogens is 1. The third kappa shape index (κ3) is 2.57. The van der Waals surface area contributed by atoms with Gasteiger partial charge < -0.3 is 15.9 Å². The second-order valence-electron chi connectivity index (χ2n) is 3.19. The molecule has 4 N–H and O–H groups in total. The van der Waals surface area contributed by atoms with Crippen LogP contribution in [-0.2, 0) is 4.79 Å². The molecule has 0 bridgehead atoms. The van der Waals surface area contributed by atoms with Crippen molar-refractivity contribution >= 4 is 23.8 Å². The van der Waals surface area contributed by atoms with Gasteiger partial charge in [-0.05, 0) is 12.1 Å². The molecule has 0 aliphatic heterocycles. The van der Waals surface area contributed by atoms with Crippen molar-refractivity contribution in [3.05, 3.63) is 34.3 Å². The molecule has 0 radical (unpaired) electrons. The molecule has 2 atom stereocenters. The van der Waals surface area contributed by atoms with Crippen LogP contribution in [0, 0.1) is 0 Å². The lowest BCUT2D eigenvalue weighted by Gasteiger charge is -2.16. The molecule has 1 amide bonds. The Morgan fingerprint density at radius 2 is 2.06 bits per heavy atom. The molecular formula is C10H10ClNO4. The minimum atomic E-state index is -1.76. The monoisotopic (exact) mass is 243 g/mol.